The zero-order valence-corrected chi connectivity index (χ0v) is 13.9. The van der Waals surface area contributed by atoms with E-state index < -0.39 is 36.0 Å². The lowest BCUT2D eigenvalue weighted by atomic mass is 9.97. The highest BCUT2D eigenvalue weighted by Crippen LogP contribution is 2.30. The molecular weight excluding hydrogens is 360 g/mol. The van der Waals surface area contributed by atoms with E-state index in [4.69, 9.17) is 21.1 Å². The van der Waals surface area contributed by atoms with Gasteiger partial charge in [0.25, 0.3) is 0 Å². The molecule has 0 aliphatic carbocycles. The van der Waals surface area contributed by atoms with E-state index in [1.807, 2.05) is 0 Å². The molecule has 2 aromatic rings. The van der Waals surface area contributed by atoms with Crippen LogP contribution in [0.1, 0.15) is 6.04 Å². The van der Waals surface area contributed by atoms with Crippen molar-refractivity contribution in [2.75, 3.05) is 20.3 Å². The molecule has 25 heavy (non-hydrogen) atoms. The molecule has 1 aliphatic heterocycles. The Kier molecular flexibility index (Phi) is 5.30. The Balaban J connectivity index is 1.94. The van der Waals surface area contributed by atoms with E-state index in [9.17, 15) is 19.0 Å². The fourth-order valence-corrected chi connectivity index (χ4v) is 3.02. The van der Waals surface area contributed by atoms with Crippen LogP contribution in [0.2, 0.25) is 5.02 Å². The van der Waals surface area contributed by atoms with Crippen LogP contribution in [0.25, 0.3) is 11.3 Å². The van der Waals surface area contributed by atoms with Gasteiger partial charge in [0, 0.05) is 12.7 Å². The van der Waals surface area contributed by atoms with Crippen molar-refractivity contribution in [2.24, 2.45) is 0 Å². The minimum absolute atomic E-state index is 0.148. The minimum Gasteiger partial charge on any atom is -0.394 e. The second-order valence-electron chi connectivity index (χ2n) is 5.65. The number of aliphatic hydroxyl groups excluding tert-OH is 2. The van der Waals surface area contributed by atoms with Gasteiger partial charge < -0.3 is 19.7 Å². The number of hydrogen-bond acceptors (Lipinski definition) is 6. The van der Waals surface area contributed by atoms with Crippen LogP contribution in [0.5, 0.6) is 0 Å². The maximum atomic E-state index is 13.5. The van der Waals surface area contributed by atoms with Crippen LogP contribution < -0.4 is 0 Å². The van der Waals surface area contributed by atoms with Crippen molar-refractivity contribution in [3.8, 4) is 11.3 Å². The maximum Gasteiger partial charge on any atom is 0.177 e. The molecule has 0 saturated carbocycles. The Bertz CT molecular complexity index is 737. The second kappa shape index (κ2) is 7.30. The number of halogens is 3. The predicted molar refractivity (Wildman–Crippen MR) is 83.1 cm³/mol. The quantitative estimate of drug-likeness (QED) is 0.780. The fraction of sp³-hybridized carbons (Fsp3) is 0.467. The average molecular weight is 376 g/mol. The summed E-state index contributed by atoms with van der Waals surface area (Å²) in [7, 11) is 1.46. The number of benzene rings is 1. The zero-order valence-electron chi connectivity index (χ0n) is 13.1. The number of nitrogens with zero attached hydrogens (tertiary/aromatic N) is 3. The Morgan fingerprint density at radius 2 is 2.20 bits per heavy atom. The maximum absolute atomic E-state index is 13.5. The van der Waals surface area contributed by atoms with Crippen molar-refractivity contribution in [2.45, 2.75) is 24.4 Å². The van der Waals surface area contributed by atoms with Crippen LogP contribution in [-0.4, -0.2) is 63.8 Å². The number of methoxy groups -OCH3 is 1. The molecule has 4 unspecified atom stereocenters. The summed E-state index contributed by atoms with van der Waals surface area (Å²) in [6, 6.07) is 1.53. The molecule has 1 aromatic heterocycles. The van der Waals surface area contributed by atoms with Crippen molar-refractivity contribution in [3.05, 3.63) is 35.0 Å². The summed E-state index contributed by atoms with van der Waals surface area (Å²) >= 11 is 5.66. The molecule has 3 rings (SSSR count). The van der Waals surface area contributed by atoms with Crippen LogP contribution in [0.4, 0.5) is 8.78 Å². The molecule has 0 bridgehead atoms. The molecular formula is C15H16ClF2N3O4. The lowest BCUT2D eigenvalue weighted by molar-refractivity contribution is -0.174. The van der Waals surface area contributed by atoms with Gasteiger partial charge in [-0.1, -0.05) is 16.8 Å². The van der Waals surface area contributed by atoms with E-state index in [0.29, 0.717) is 0 Å². The molecule has 1 aromatic carbocycles. The summed E-state index contributed by atoms with van der Waals surface area (Å²) in [5.74, 6) is -2.24. The second-order valence-corrected chi connectivity index (χ2v) is 6.05. The Morgan fingerprint density at radius 1 is 1.44 bits per heavy atom. The van der Waals surface area contributed by atoms with Gasteiger partial charge in [-0.15, -0.1) is 5.10 Å². The zero-order chi connectivity index (χ0) is 18.1. The number of ether oxygens (including phenoxy) is 2. The molecule has 0 spiro atoms. The van der Waals surface area contributed by atoms with Crippen LogP contribution >= 0.6 is 11.6 Å². The van der Waals surface area contributed by atoms with Gasteiger partial charge in [-0.05, 0) is 12.1 Å². The summed E-state index contributed by atoms with van der Waals surface area (Å²) < 4.78 is 38.9. The van der Waals surface area contributed by atoms with Crippen molar-refractivity contribution in [1.29, 1.82) is 0 Å². The normalized spacial score (nSPS) is 26.8. The van der Waals surface area contributed by atoms with Crippen LogP contribution in [0, 0.1) is 11.6 Å². The molecule has 1 fully saturated rings. The van der Waals surface area contributed by atoms with Gasteiger partial charge in [0.1, 0.15) is 30.0 Å². The summed E-state index contributed by atoms with van der Waals surface area (Å²) in [6.07, 6.45) is -0.947. The lowest BCUT2D eigenvalue weighted by Crippen LogP contribution is -2.52. The first-order valence-corrected chi connectivity index (χ1v) is 7.84. The predicted octanol–water partition coefficient (Wildman–Crippen LogP) is 1.18. The highest BCUT2D eigenvalue weighted by atomic mass is 35.5. The molecule has 10 heteroatoms. The van der Waals surface area contributed by atoms with Crippen LogP contribution in [-0.2, 0) is 9.47 Å². The summed E-state index contributed by atoms with van der Waals surface area (Å²) in [4.78, 5) is 0. The third kappa shape index (κ3) is 3.38. The topological polar surface area (TPSA) is 89.6 Å². The van der Waals surface area contributed by atoms with Gasteiger partial charge in [-0.25, -0.2) is 13.5 Å². The van der Waals surface area contributed by atoms with Crippen molar-refractivity contribution in [3.63, 3.8) is 0 Å². The molecule has 1 saturated heterocycles. The molecule has 2 N–H and O–H groups in total. The van der Waals surface area contributed by atoms with Crippen molar-refractivity contribution >= 4 is 11.6 Å². The highest BCUT2D eigenvalue weighted by molar-refractivity contribution is 6.31. The van der Waals surface area contributed by atoms with Gasteiger partial charge in [0.15, 0.2) is 11.6 Å². The Morgan fingerprint density at radius 3 is 2.84 bits per heavy atom. The molecule has 136 valence electrons. The number of aromatic nitrogens is 3. The first-order chi connectivity index (χ1) is 12.0. The van der Waals surface area contributed by atoms with Gasteiger partial charge in [-0.3, -0.25) is 0 Å². The standard InChI is InChI=1S/C15H16ClF2N3O4/c1-24-12-6-25-11(5-22)15(23)14(12)21-4-10(19-20-21)7-2-8(16)13(18)9(17)3-7/h2-4,11-12,14-15,22-23H,5-6H2,1H3. The molecule has 0 amide bonds. The number of hydrogen-bond donors (Lipinski definition) is 2. The van der Waals surface area contributed by atoms with Crippen LogP contribution in [0.15, 0.2) is 18.3 Å². The lowest BCUT2D eigenvalue weighted by Gasteiger charge is -2.38. The van der Waals surface area contributed by atoms with Crippen LogP contribution in [0.3, 0.4) is 0 Å². The summed E-state index contributed by atoms with van der Waals surface area (Å²) in [6.45, 7) is -0.218. The van der Waals surface area contributed by atoms with E-state index in [-0.39, 0.29) is 29.5 Å². The molecule has 1 aliphatic rings. The molecule has 7 nitrogen and oxygen atoms in total. The van der Waals surface area contributed by atoms with E-state index >= 15 is 0 Å². The summed E-state index contributed by atoms with van der Waals surface area (Å²) in [5, 5.41) is 27.2. The van der Waals surface area contributed by atoms with Gasteiger partial charge in [-0.2, -0.15) is 0 Å². The van der Waals surface area contributed by atoms with E-state index in [1.165, 1.54) is 24.1 Å². The smallest absolute Gasteiger partial charge is 0.177 e. The molecule has 2 heterocycles. The van der Waals surface area contributed by atoms with E-state index in [0.717, 1.165) is 6.07 Å². The third-order valence-corrected chi connectivity index (χ3v) is 4.44. The van der Waals surface area contributed by atoms with Crippen molar-refractivity contribution < 1.29 is 28.5 Å². The number of rotatable bonds is 4. The van der Waals surface area contributed by atoms with E-state index in [1.54, 1.807) is 0 Å². The fourth-order valence-electron chi connectivity index (χ4n) is 2.81. The van der Waals surface area contributed by atoms with Gasteiger partial charge >= 0.3 is 0 Å². The van der Waals surface area contributed by atoms with Gasteiger partial charge in [0.2, 0.25) is 0 Å². The van der Waals surface area contributed by atoms with E-state index in [2.05, 4.69) is 10.3 Å². The monoisotopic (exact) mass is 375 g/mol. The Hall–Kier alpha value is -1.65. The SMILES string of the molecule is COC1COC(CO)C(O)C1n1cc(-c2cc(F)c(F)c(Cl)c2)nn1. The average Bonchev–Trinajstić information content (AvgIpc) is 3.08. The molecule has 0 radical (unpaired) electrons. The molecule has 4 atom stereocenters. The largest absolute Gasteiger partial charge is 0.394 e. The first-order valence-electron chi connectivity index (χ1n) is 7.46. The third-order valence-electron chi connectivity index (χ3n) is 4.16. The first kappa shape index (κ1) is 18.2. The highest BCUT2D eigenvalue weighted by Gasteiger charge is 2.41. The minimum atomic E-state index is -1.14. The summed E-state index contributed by atoms with van der Waals surface area (Å²) in [5.41, 5.74) is 0.485. The Labute approximate surface area is 146 Å². The van der Waals surface area contributed by atoms with Gasteiger partial charge in [0.05, 0.1) is 24.4 Å². The van der Waals surface area contributed by atoms with Crippen molar-refractivity contribution in [1.82, 2.24) is 15.0 Å². The number of aliphatic hydroxyl groups is 2.